The van der Waals surface area contributed by atoms with Gasteiger partial charge < -0.3 is 15.0 Å². The van der Waals surface area contributed by atoms with Crippen LogP contribution in [0.2, 0.25) is 0 Å². The average Bonchev–Trinajstić information content (AvgIpc) is 2.94. The summed E-state index contributed by atoms with van der Waals surface area (Å²) < 4.78 is 6.39. The van der Waals surface area contributed by atoms with E-state index >= 15 is 0 Å². The summed E-state index contributed by atoms with van der Waals surface area (Å²) in [6, 6.07) is 6.70. The number of fused-ring (bicyclic) bond motifs is 1. The molecule has 1 atom stereocenters. The summed E-state index contributed by atoms with van der Waals surface area (Å²) in [7, 11) is 0. The molecule has 0 saturated carbocycles. The molecule has 1 aliphatic carbocycles. The first-order chi connectivity index (χ1) is 12.6. The second-order valence-corrected chi connectivity index (χ2v) is 8.30. The third-order valence-electron chi connectivity index (χ3n) is 5.69. The van der Waals surface area contributed by atoms with Crippen LogP contribution >= 0.6 is 15.9 Å². The fourth-order valence-corrected chi connectivity index (χ4v) is 4.44. The number of halogens is 1. The van der Waals surface area contributed by atoms with Crippen LogP contribution in [0, 0.1) is 0 Å². The maximum absolute atomic E-state index is 12.6. The van der Waals surface area contributed by atoms with Crippen molar-refractivity contribution in [2.45, 2.75) is 30.8 Å². The molecule has 6 nitrogen and oxygen atoms in total. The molecule has 1 aromatic carbocycles. The molecule has 1 spiro atoms. The number of hydrogen-bond acceptors (Lipinski definition) is 5. The molecule has 3 heterocycles. The van der Waals surface area contributed by atoms with Crippen molar-refractivity contribution >= 4 is 27.8 Å². The van der Waals surface area contributed by atoms with E-state index in [2.05, 4.69) is 49.4 Å². The number of anilines is 1. The van der Waals surface area contributed by atoms with E-state index in [0.717, 1.165) is 30.3 Å². The number of nitrogens with zero attached hydrogens (tertiary/aromatic N) is 3. The Labute approximate surface area is 160 Å². The Kier molecular flexibility index (Phi) is 3.76. The number of amides is 1. The Morgan fingerprint density at radius 1 is 1.23 bits per heavy atom. The molecular formula is C19H19BrN4O2. The minimum Gasteiger partial charge on any atom is -0.376 e. The number of hydrogen-bond donors (Lipinski definition) is 1. The van der Waals surface area contributed by atoms with Gasteiger partial charge in [0.1, 0.15) is 0 Å². The molecule has 2 aliphatic heterocycles. The van der Waals surface area contributed by atoms with Crippen molar-refractivity contribution in [3.05, 3.63) is 51.8 Å². The van der Waals surface area contributed by atoms with E-state index in [1.165, 1.54) is 11.1 Å². The first kappa shape index (κ1) is 16.2. The summed E-state index contributed by atoms with van der Waals surface area (Å²) in [6.45, 7) is 2.09. The van der Waals surface area contributed by atoms with Crippen LogP contribution in [-0.4, -0.2) is 52.1 Å². The van der Waals surface area contributed by atoms with E-state index in [-0.39, 0.29) is 17.5 Å². The third kappa shape index (κ3) is 2.61. The Morgan fingerprint density at radius 2 is 2.00 bits per heavy atom. The van der Waals surface area contributed by atoms with Crippen LogP contribution in [0.1, 0.15) is 27.9 Å². The Balaban J connectivity index is 1.24. The summed E-state index contributed by atoms with van der Waals surface area (Å²) in [5, 5.41) is 3.39. The van der Waals surface area contributed by atoms with Gasteiger partial charge in [-0.3, -0.25) is 4.79 Å². The van der Waals surface area contributed by atoms with Gasteiger partial charge in [0.15, 0.2) is 0 Å². The average molecular weight is 415 g/mol. The number of benzene rings is 1. The molecule has 26 heavy (non-hydrogen) atoms. The van der Waals surface area contributed by atoms with E-state index in [1.54, 1.807) is 12.4 Å². The first-order valence-electron chi connectivity index (χ1n) is 8.89. The fraction of sp³-hybridized carbons (Fsp3) is 0.421. The van der Waals surface area contributed by atoms with Crippen LogP contribution in [0.4, 0.5) is 5.95 Å². The van der Waals surface area contributed by atoms with Gasteiger partial charge in [-0.25, -0.2) is 9.97 Å². The molecule has 1 N–H and O–H groups in total. The van der Waals surface area contributed by atoms with Crippen LogP contribution in [-0.2, 0) is 17.6 Å². The summed E-state index contributed by atoms with van der Waals surface area (Å²) >= 11 is 3.52. The Bertz CT molecular complexity index is 861. The lowest BCUT2D eigenvalue weighted by Crippen LogP contribution is -2.72. The molecule has 0 radical (unpaired) electrons. The van der Waals surface area contributed by atoms with Crippen molar-refractivity contribution < 1.29 is 9.53 Å². The second kappa shape index (κ2) is 6.03. The Hall–Kier alpha value is -1.99. The van der Waals surface area contributed by atoms with Gasteiger partial charge in [-0.05, 0) is 42.5 Å². The molecule has 2 saturated heterocycles. The van der Waals surface area contributed by atoms with E-state index < -0.39 is 0 Å². The third-order valence-corrected chi connectivity index (χ3v) is 6.19. The number of likely N-dealkylation sites (tertiary alicyclic amines) is 1. The highest BCUT2D eigenvalue weighted by molar-refractivity contribution is 9.10. The monoisotopic (exact) mass is 414 g/mol. The number of nitrogens with one attached hydrogen (secondary N) is 1. The highest BCUT2D eigenvalue weighted by Crippen LogP contribution is 2.38. The summed E-state index contributed by atoms with van der Waals surface area (Å²) in [6.07, 6.45) is 6.19. The highest BCUT2D eigenvalue weighted by atomic mass is 79.9. The van der Waals surface area contributed by atoms with Gasteiger partial charge in [-0.2, -0.15) is 0 Å². The quantitative estimate of drug-likeness (QED) is 0.834. The molecule has 5 rings (SSSR count). The zero-order valence-electron chi connectivity index (χ0n) is 14.2. The van der Waals surface area contributed by atoms with Crippen molar-refractivity contribution in [2.24, 2.45) is 0 Å². The van der Waals surface area contributed by atoms with Crippen molar-refractivity contribution in [3.63, 3.8) is 0 Å². The maximum Gasteiger partial charge on any atom is 0.257 e. The van der Waals surface area contributed by atoms with Crippen LogP contribution in [0.15, 0.2) is 35.1 Å². The van der Waals surface area contributed by atoms with E-state index in [4.69, 9.17) is 4.74 Å². The van der Waals surface area contributed by atoms with Crippen LogP contribution in [0.25, 0.3) is 0 Å². The normalized spacial score (nSPS) is 22.5. The smallest absolute Gasteiger partial charge is 0.257 e. The lowest BCUT2D eigenvalue weighted by atomic mass is 9.82. The molecule has 2 aromatic rings. The lowest BCUT2D eigenvalue weighted by Gasteiger charge is -2.57. The summed E-state index contributed by atoms with van der Waals surface area (Å²) in [5.41, 5.74) is 3.20. The first-order valence-corrected chi connectivity index (χ1v) is 9.68. The van der Waals surface area contributed by atoms with Gasteiger partial charge >= 0.3 is 0 Å². The van der Waals surface area contributed by atoms with E-state index in [1.807, 2.05) is 4.90 Å². The van der Waals surface area contributed by atoms with Crippen molar-refractivity contribution in [1.29, 1.82) is 0 Å². The van der Waals surface area contributed by atoms with Gasteiger partial charge in [-0.15, -0.1) is 0 Å². The van der Waals surface area contributed by atoms with Crippen molar-refractivity contribution in [2.75, 3.05) is 25.1 Å². The van der Waals surface area contributed by atoms with Crippen molar-refractivity contribution in [1.82, 2.24) is 14.9 Å². The second-order valence-electron chi connectivity index (χ2n) is 7.38. The number of carbonyl (C=O) groups is 1. The van der Waals surface area contributed by atoms with Crippen molar-refractivity contribution in [3.8, 4) is 0 Å². The SMILES string of the molecule is O=C(c1cnc(N[C@H]2Cc3ccc(Br)cc3C2)nc1)N1CCC12COC2. The molecule has 134 valence electrons. The minimum atomic E-state index is -0.0576. The standard InChI is InChI=1S/C19H19BrN4O2/c20-15-2-1-12-6-16(7-13(12)5-15)23-18-21-8-14(9-22-18)17(25)24-4-3-19(24)10-26-11-19/h1-2,5,8-9,16H,3-4,6-7,10-11H2,(H,21,22,23)/t16-/m0/s1. The topological polar surface area (TPSA) is 67.4 Å². The molecular weight excluding hydrogens is 396 g/mol. The summed E-state index contributed by atoms with van der Waals surface area (Å²) in [4.78, 5) is 23.3. The van der Waals surface area contributed by atoms with Gasteiger partial charge in [-0.1, -0.05) is 22.0 Å². The number of rotatable bonds is 3. The molecule has 7 heteroatoms. The minimum absolute atomic E-state index is 0.00391. The van der Waals surface area contributed by atoms with Crippen LogP contribution in [0.3, 0.4) is 0 Å². The molecule has 2 fully saturated rings. The molecule has 0 bridgehead atoms. The number of aromatic nitrogens is 2. The molecule has 0 unspecified atom stereocenters. The Morgan fingerprint density at radius 3 is 2.65 bits per heavy atom. The van der Waals surface area contributed by atoms with Gasteiger partial charge in [0, 0.05) is 29.5 Å². The molecule has 1 aromatic heterocycles. The lowest BCUT2D eigenvalue weighted by molar-refractivity contribution is -0.172. The highest BCUT2D eigenvalue weighted by Gasteiger charge is 2.53. The van der Waals surface area contributed by atoms with Gasteiger partial charge in [0.25, 0.3) is 5.91 Å². The summed E-state index contributed by atoms with van der Waals surface area (Å²) in [5.74, 6) is 0.577. The zero-order chi connectivity index (χ0) is 17.7. The molecule has 1 amide bonds. The van der Waals surface area contributed by atoms with E-state index in [9.17, 15) is 4.79 Å². The largest absolute Gasteiger partial charge is 0.376 e. The number of ether oxygens (including phenoxy) is 1. The van der Waals surface area contributed by atoms with Gasteiger partial charge in [0.05, 0.1) is 24.3 Å². The van der Waals surface area contributed by atoms with Gasteiger partial charge in [0.2, 0.25) is 5.95 Å². The zero-order valence-corrected chi connectivity index (χ0v) is 15.8. The maximum atomic E-state index is 12.6. The fourth-order valence-electron chi connectivity index (χ4n) is 4.03. The predicted molar refractivity (Wildman–Crippen MR) is 100 cm³/mol. The molecule has 3 aliphatic rings. The predicted octanol–water partition coefficient (Wildman–Crippen LogP) is 2.43. The van der Waals surface area contributed by atoms with Crippen LogP contribution < -0.4 is 5.32 Å². The van der Waals surface area contributed by atoms with E-state index in [0.29, 0.717) is 24.7 Å². The number of carbonyl (C=O) groups excluding carboxylic acids is 1. The van der Waals surface area contributed by atoms with Crippen LogP contribution in [0.5, 0.6) is 0 Å².